The predicted molar refractivity (Wildman–Crippen MR) is 70.4 cm³/mol. The molecule has 1 heterocycles. The molecule has 7 nitrogen and oxygen atoms in total. The first-order valence-electron chi connectivity index (χ1n) is 5.10. The van der Waals surface area contributed by atoms with E-state index in [4.69, 9.17) is 5.14 Å². The molecule has 0 spiro atoms. The summed E-state index contributed by atoms with van der Waals surface area (Å²) in [6.07, 6.45) is 0. The van der Waals surface area contributed by atoms with Crippen molar-refractivity contribution in [1.29, 1.82) is 0 Å². The van der Waals surface area contributed by atoms with Gasteiger partial charge in [0.05, 0.1) is 4.90 Å². The SMILES string of the molecule is Cc1ccc(NC(=O)c2csnn2)cc1S(N)(=O)=O. The van der Waals surface area contributed by atoms with Crippen molar-refractivity contribution in [2.45, 2.75) is 11.8 Å². The van der Waals surface area contributed by atoms with Gasteiger partial charge in [-0.05, 0) is 36.2 Å². The van der Waals surface area contributed by atoms with Gasteiger partial charge in [-0.2, -0.15) is 0 Å². The van der Waals surface area contributed by atoms with Crippen molar-refractivity contribution < 1.29 is 13.2 Å². The zero-order valence-corrected chi connectivity index (χ0v) is 11.5. The lowest BCUT2D eigenvalue weighted by Gasteiger charge is -2.07. The van der Waals surface area contributed by atoms with Crippen LogP contribution in [0.15, 0.2) is 28.5 Å². The first kappa shape index (κ1) is 13.6. The molecule has 0 aliphatic carbocycles. The number of sulfonamides is 1. The smallest absolute Gasteiger partial charge is 0.277 e. The molecule has 0 bridgehead atoms. The van der Waals surface area contributed by atoms with Crippen molar-refractivity contribution in [3.63, 3.8) is 0 Å². The molecule has 0 radical (unpaired) electrons. The van der Waals surface area contributed by atoms with E-state index in [0.717, 1.165) is 11.5 Å². The Balaban J connectivity index is 2.30. The van der Waals surface area contributed by atoms with E-state index in [1.807, 2.05) is 0 Å². The predicted octanol–water partition coefficient (Wildman–Crippen LogP) is 0.746. The number of nitrogens with one attached hydrogen (secondary N) is 1. The van der Waals surface area contributed by atoms with Crippen LogP contribution in [-0.2, 0) is 10.0 Å². The van der Waals surface area contributed by atoms with Gasteiger partial charge in [0.15, 0.2) is 5.69 Å². The molecule has 2 aromatic rings. The van der Waals surface area contributed by atoms with E-state index >= 15 is 0 Å². The van der Waals surface area contributed by atoms with Crippen LogP contribution in [0.5, 0.6) is 0 Å². The Morgan fingerprint density at radius 3 is 2.74 bits per heavy atom. The fraction of sp³-hybridized carbons (Fsp3) is 0.100. The van der Waals surface area contributed by atoms with Gasteiger partial charge >= 0.3 is 0 Å². The highest BCUT2D eigenvalue weighted by Gasteiger charge is 2.14. The van der Waals surface area contributed by atoms with E-state index in [1.54, 1.807) is 19.1 Å². The van der Waals surface area contributed by atoms with Crippen LogP contribution in [-0.4, -0.2) is 23.9 Å². The van der Waals surface area contributed by atoms with Gasteiger partial charge in [0, 0.05) is 11.1 Å². The topological polar surface area (TPSA) is 115 Å². The van der Waals surface area contributed by atoms with Gasteiger partial charge in [-0.25, -0.2) is 13.6 Å². The summed E-state index contributed by atoms with van der Waals surface area (Å²) in [6, 6.07) is 4.46. The third kappa shape index (κ3) is 3.13. The van der Waals surface area contributed by atoms with Crippen LogP contribution in [0.4, 0.5) is 5.69 Å². The van der Waals surface area contributed by atoms with Crippen molar-refractivity contribution >= 4 is 33.2 Å². The summed E-state index contributed by atoms with van der Waals surface area (Å²) in [5, 5.41) is 12.7. The molecule has 0 aliphatic heterocycles. The Hall–Kier alpha value is -1.84. The van der Waals surface area contributed by atoms with Crippen LogP contribution in [0, 0.1) is 6.92 Å². The van der Waals surface area contributed by atoms with Crippen molar-refractivity contribution in [3.05, 3.63) is 34.8 Å². The van der Waals surface area contributed by atoms with Gasteiger partial charge in [0.25, 0.3) is 5.91 Å². The average Bonchev–Trinajstić information content (AvgIpc) is 2.83. The van der Waals surface area contributed by atoms with E-state index in [1.165, 1.54) is 11.4 Å². The zero-order valence-electron chi connectivity index (χ0n) is 9.82. The van der Waals surface area contributed by atoms with Gasteiger partial charge in [-0.15, -0.1) is 5.10 Å². The fourth-order valence-electron chi connectivity index (χ4n) is 1.44. The number of nitrogens with two attached hydrogens (primary N) is 1. The van der Waals surface area contributed by atoms with Gasteiger partial charge in [0.1, 0.15) is 0 Å². The number of hydrogen-bond acceptors (Lipinski definition) is 6. The minimum absolute atomic E-state index is 0.0262. The molecule has 1 aromatic carbocycles. The molecule has 9 heteroatoms. The number of benzene rings is 1. The van der Waals surface area contributed by atoms with Crippen LogP contribution in [0.2, 0.25) is 0 Å². The standard InChI is InChI=1S/C10H10N4O3S2/c1-6-2-3-7(4-9(6)19(11,16)17)12-10(15)8-5-18-14-13-8/h2-5H,1H3,(H,12,15)(H2,11,16,17). The molecule has 0 atom stereocenters. The first-order valence-corrected chi connectivity index (χ1v) is 7.48. The third-order valence-corrected chi connectivity index (χ3v) is 3.90. The second-order valence-corrected chi connectivity index (χ2v) is 5.91. The summed E-state index contributed by atoms with van der Waals surface area (Å²) in [6.45, 7) is 1.62. The molecule has 2 rings (SSSR count). The Morgan fingerprint density at radius 2 is 2.16 bits per heavy atom. The second-order valence-electron chi connectivity index (χ2n) is 3.77. The van der Waals surface area contributed by atoms with E-state index in [9.17, 15) is 13.2 Å². The normalized spacial score (nSPS) is 11.3. The van der Waals surface area contributed by atoms with Crippen molar-refractivity contribution in [1.82, 2.24) is 9.59 Å². The number of carbonyl (C=O) groups excluding carboxylic acids is 1. The maximum atomic E-state index is 11.7. The molecular weight excluding hydrogens is 288 g/mol. The molecule has 0 aliphatic rings. The molecule has 3 N–H and O–H groups in total. The van der Waals surface area contributed by atoms with Crippen molar-refractivity contribution in [2.75, 3.05) is 5.32 Å². The Kier molecular flexibility index (Phi) is 3.60. The molecule has 19 heavy (non-hydrogen) atoms. The maximum absolute atomic E-state index is 11.7. The molecule has 0 saturated heterocycles. The van der Waals surface area contributed by atoms with Crippen LogP contribution < -0.4 is 10.5 Å². The molecule has 0 saturated carbocycles. The monoisotopic (exact) mass is 298 g/mol. The summed E-state index contributed by atoms with van der Waals surface area (Å²) in [4.78, 5) is 11.7. The van der Waals surface area contributed by atoms with Gasteiger partial charge in [-0.1, -0.05) is 10.6 Å². The lowest BCUT2D eigenvalue weighted by atomic mass is 10.2. The highest BCUT2D eigenvalue weighted by atomic mass is 32.2. The van der Waals surface area contributed by atoms with Gasteiger partial charge in [-0.3, -0.25) is 4.79 Å². The number of aromatic nitrogens is 2. The number of nitrogens with zero attached hydrogens (tertiary/aromatic N) is 2. The number of aryl methyl sites for hydroxylation is 1. The molecule has 100 valence electrons. The minimum atomic E-state index is -3.82. The number of anilines is 1. The van der Waals surface area contributed by atoms with Crippen molar-refractivity contribution in [2.24, 2.45) is 5.14 Å². The summed E-state index contributed by atoms with van der Waals surface area (Å²) in [7, 11) is -3.82. The number of rotatable bonds is 3. The minimum Gasteiger partial charge on any atom is -0.321 e. The summed E-state index contributed by atoms with van der Waals surface area (Å²) in [5.41, 5.74) is 1.01. The van der Waals surface area contributed by atoms with Crippen LogP contribution in [0.3, 0.4) is 0 Å². The Bertz CT molecular complexity index is 710. The zero-order chi connectivity index (χ0) is 14.0. The molecule has 0 fully saturated rings. The van der Waals surface area contributed by atoms with E-state index < -0.39 is 15.9 Å². The molecule has 1 amide bonds. The maximum Gasteiger partial charge on any atom is 0.277 e. The number of amides is 1. The van der Waals surface area contributed by atoms with Crippen LogP contribution in [0.1, 0.15) is 16.1 Å². The summed E-state index contributed by atoms with van der Waals surface area (Å²) >= 11 is 1.05. The Labute approximate surface area is 113 Å². The fourth-order valence-corrected chi connectivity index (χ4v) is 2.69. The van der Waals surface area contributed by atoms with Gasteiger partial charge < -0.3 is 5.32 Å². The van der Waals surface area contributed by atoms with Crippen LogP contribution >= 0.6 is 11.5 Å². The quantitative estimate of drug-likeness (QED) is 0.867. The third-order valence-electron chi connectivity index (χ3n) is 2.35. The van der Waals surface area contributed by atoms with E-state index in [-0.39, 0.29) is 10.6 Å². The molecule has 1 aromatic heterocycles. The molecular formula is C10H10N4O3S2. The van der Waals surface area contributed by atoms with E-state index in [2.05, 4.69) is 14.9 Å². The average molecular weight is 298 g/mol. The number of carbonyl (C=O) groups is 1. The van der Waals surface area contributed by atoms with Crippen molar-refractivity contribution in [3.8, 4) is 0 Å². The number of hydrogen-bond donors (Lipinski definition) is 2. The van der Waals surface area contributed by atoms with E-state index in [0.29, 0.717) is 11.3 Å². The lowest BCUT2D eigenvalue weighted by molar-refractivity contribution is 0.102. The molecule has 0 unspecified atom stereocenters. The summed E-state index contributed by atoms with van der Waals surface area (Å²) in [5.74, 6) is -0.460. The van der Waals surface area contributed by atoms with Crippen LogP contribution in [0.25, 0.3) is 0 Å². The number of primary sulfonamides is 1. The summed E-state index contributed by atoms with van der Waals surface area (Å²) < 4.78 is 26.3. The highest BCUT2D eigenvalue weighted by molar-refractivity contribution is 7.89. The largest absolute Gasteiger partial charge is 0.321 e. The first-order chi connectivity index (χ1) is 8.88. The second kappa shape index (κ2) is 5.03. The highest BCUT2D eigenvalue weighted by Crippen LogP contribution is 2.19. The lowest BCUT2D eigenvalue weighted by Crippen LogP contribution is -2.16. The van der Waals surface area contributed by atoms with Gasteiger partial charge in [0.2, 0.25) is 10.0 Å². The Morgan fingerprint density at radius 1 is 1.42 bits per heavy atom.